The second-order valence-corrected chi connectivity index (χ2v) is 5.41. The first-order valence-corrected chi connectivity index (χ1v) is 7.37. The number of carbonyl (C=O) groups is 1. The molecule has 1 aromatic carbocycles. The summed E-state index contributed by atoms with van der Waals surface area (Å²) < 4.78 is 10.8. The molecule has 2 rings (SSSR count). The van der Waals surface area contributed by atoms with E-state index in [-0.39, 0.29) is 12.0 Å². The number of morpholine rings is 1. The molecular weight excluding hydrogens is 268 g/mol. The predicted molar refractivity (Wildman–Crippen MR) is 81.6 cm³/mol. The number of hydrogen-bond donors (Lipinski definition) is 1. The molecule has 1 saturated heterocycles. The number of aryl methyl sites for hydroxylation is 1. The Kier molecular flexibility index (Phi) is 6.02. The summed E-state index contributed by atoms with van der Waals surface area (Å²) in [4.78, 5) is 14.1. The Labute approximate surface area is 126 Å². The minimum Gasteiger partial charge on any atom is -0.497 e. The summed E-state index contributed by atoms with van der Waals surface area (Å²) in [5.41, 5.74) is 1.11. The topological polar surface area (TPSA) is 50.8 Å². The second-order valence-electron chi connectivity index (χ2n) is 5.41. The summed E-state index contributed by atoms with van der Waals surface area (Å²) in [6, 6.07) is 7.82. The monoisotopic (exact) mass is 292 g/mol. The van der Waals surface area contributed by atoms with E-state index in [1.54, 1.807) is 7.11 Å². The van der Waals surface area contributed by atoms with Gasteiger partial charge in [0.1, 0.15) is 5.75 Å². The molecule has 1 fully saturated rings. The molecule has 0 bridgehead atoms. The van der Waals surface area contributed by atoms with Gasteiger partial charge in [0.2, 0.25) is 5.91 Å². The van der Waals surface area contributed by atoms with Crippen molar-refractivity contribution in [2.45, 2.75) is 18.9 Å². The van der Waals surface area contributed by atoms with Crippen molar-refractivity contribution in [1.29, 1.82) is 0 Å². The fourth-order valence-corrected chi connectivity index (χ4v) is 2.39. The van der Waals surface area contributed by atoms with E-state index in [1.807, 2.05) is 24.3 Å². The first-order valence-electron chi connectivity index (χ1n) is 7.37. The zero-order valence-corrected chi connectivity index (χ0v) is 12.8. The van der Waals surface area contributed by atoms with Crippen LogP contribution in [-0.4, -0.2) is 57.3 Å². The summed E-state index contributed by atoms with van der Waals surface area (Å²) in [5, 5.41) is 2.95. The fourth-order valence-electron chi connectivity index (χ4n) is 2.39. The highest BCUT2D eigenvalue weighted by Gasteiger charge is 2.18. The van der Waals surface area contributed by atoms with Gasteiger partial charge in [0, 0.05) is 26.1 Å². The molecule has 0 aromatic heterocycles. The maximum Gasteiger partial charge on any atom is 0.220 e. The van der Waals surface area contributed by atoms with Gasteiger partial charge in [-0.2, -0.15) is 0 Å². The molecule has 21 heavy (non-hydrogen) atoms. The molecule has 116 valence electrons. The maximum atomic E-state index is 11.9. The Morgan fingerprint density at radius 3 is 3.14 bits per heavy atom. The molecule has 1 N–H and O–H groups in total. The molecule has 0 spiro atoms. The second kappa shape index (κ2) is 8.00. The number of carbonyl (C=O) groups excluding carboxylic acids is 1. The Bertz CT molecular complexity index is 465. The van der Waals surface area contributed by atoms with Gasteiger partial charge in [-0.3, -0.25) is 4.79 Å². The summed E-state index contributed by atoms with van der Waals surface area (Å²) in [6.45, 7) is 3.15. The van der Waals surface area contributed by atoms with Crippen molar-refractivity contribution in [3.8, 4) is 5.75 Å². The molecule has 1 aliphatic heterocycles. The van der Waals surface area contributed by atoms with Crippen LogP contribution >= 0.6 is 0 Å². The lowest BCUT2D eigenvalue weighted by Crippen LogP contribution is -2.45. The highest BCUT2D eigenvalue weighted by molar-refractivity contribution is 5.76. The maximum absolute atomic E-state index is 11.9. The smallest absolute Gasteiger partial charge is 0.220 e. The van der Waals surface area contributed by atoms with Gasteiger partial charge in [-0.1, -0.05) is 12.1 Å². The zero-order valence-electron chi connectivity index (χ0n) is 12.8. The van der Waals surface area contributed by atoms with Crippen LogP contribution in [-0.2, 0) is 16.0 Å². The highest BCUT2D eigenvalue weighted by Crippen LogP contribution is 2.13. The van der Waals surface area contributed by atoms with Gasteiger partial charge in [0.05, 0.1) is 19.8 Å². The van der Waals surface area contributed by atoms with E-state index in [4.69, 9.17) is 9.47 Å². The van der Waals surface area contributed by atoms with Crippen molar-refractivity contribution in [3.05, 3.63) is 29.8 Å². The van der Waals surface area contributed by atoms with Crippen molar-refractivity contribution in [1.82, 2.24) is 10.2 Å². The Morgan fingerprint density at radius 2 is 2.38 bits per heavy atom. The van der Waals surface area contributed by atoms with Crippen LogP contribution in [0, 0.1) is 0 Å². The molecule has 1 unspecified atom stereocenters. The quantitative estimate of drug-likeness (QED) is 0.852. The fraction of sp³-hybridized carbons (Fsp3) is 0.562. The van der Waals surface area contributed by atoms with E-state index in [0.29, 0.717) is 19.4 Å². The molecule has 1 aromatic rings. The first kappa shape index (κ1) is 15.8. The number of rotatable bonds is 6. The normalized spacial score (nSPS) is 19.2. The van der Waals surface area contributed by atoms with E-state index in [0.717, 1.165) is 31.0 Å². The minimum atomic E-state index is 0.0645. The number of nitrogens with one attached hydrogen (secondary N) is 1. The lowest BCUT2D eigenvalue weighted by Gasteiger charge is -2.30. The summed E-state index contributed by atoms with van der Waals surface area (Å²) in [7, 11) is 3.72. The zero-order chi connectivity index (χ0) is 15.1. The van der Waals surface area contributed by atoms with E-state index in [1.165, 1.54) is 0 Å². The summed E-state index contributed by atoms with van der Waals surface area (Å²) in [5.74, 6) is 0.890. The number of ether oxygens (including phenoxy) is 2. The summed E-state index contributed by atoms with van der Waals surface area (Å²) >= 11 is 0. The standard InChI is InChI=1S/C16H24N2O3/c1-18-8-9-21-15(12-18)11-17-16(19)7-6-13-4-3-5-14(10-13)20-2/h3-5,10,15H,6-9,11-12H2,1-2H3,(H,17,19). The van der Waals surface area contributed by atoms with Gasteiger partial charge in [-0.15, -0.1) is 0 Å². The molecular formula is C16H24N2O3. The lowest BCUT2D eigenvalue weighted by atomic mass is 10.1. The lowest BCUT2D eigenvalue weighted by molar-refractivity contribution is -0.122. The van der Waals surface area contributed by atoms with E-state index < -0.39 is 0 Å². The van der Waals surface area contributed by atoms with Crippen LogP contribution < -0.4 is 10.1 Å². The molecule has 1 amide bonds. The third-order valence-corrected chi connectivity index (χ3v) is 3.64. The third-order valence-electron chi connectivity index (χ3n) is 3.64. The van der Waals surface area contributed by atoms with Crippen LogP contribution in [0.15, 0.2) is 24.3 Å². The number of nitrogens with zero attached hydrogens (tertiary/aromatic N) is 1. The van der Waals surface area contributed by atoms with E-state index in [2.05, 4.69) is 17.3 Å². The first-order chi connectivity index (χ1) is 10.2. The van der Waals surface area contributed by atoms with Crippen molar-refractivity contribution in [3.63, 3.8) is 0 Å². The van der Waals surface area contributed by atoms with Gasteiger partial charge in [-0.05, 0) is 31.2 Å². The van der Waals surface area contributed by atoms with Crippen LogP contribution in [0.3, 0.4) is 0 Å². The van der Waals surface area contributed by atoms with E-state index >= 15 is 0 Å². The predicted octanol–water partition coefficient (Wildman–Crippen LogP) is 1.07. The van der Waals surface area contributed by atoms with Gasteiger partial charge in [-0.25, -0.2) is 0 Å². The van der Waals surface area contributed by atoms with E-state index in [9.17, 15) is 4.79 Å². The Balaban J connectivity index is 1.69. The van der Waals surface area contributed by atoms with Crippen molar-refractivity contribution >= 4 is 5.91 Å². The third kappa shape index (κ3) is 5.36. The number of benzene rings is 1. The molecule has 5 heteroatoms. The molecule has 0 aliphatic carbocycles. The van der Waals surface area contributed by atoms with Gasteiger partial charge in [0.15, 0.2) is 0 Å². The average Bonchev–Trinajstić information content (AvgIpc) is 2.51. The van der Waals surface area contributed by atoms with Crippen LogP contribution in [0.4, 0.5) is 0 Å². The van der Waals surface area contributed by atoms with Crippen LogP contribution in [0.2, 0.25) is 0 Å². The van der Waals surface area contributed by atoms with Crippen molar-refractivity contribution < 1.29 is 14.3 Å². The largest absolute Gasteiger partial charge is 0.497 e. The van der Waals surface area contributed by atoms with Gasteiger partial charge < -0.3 is 19.7 Å². The summed E-state index contributed by atoms with van der Waals surface area (Å²) in [6.07, 6.45) is 1.30. The number of methoxy groups -OCH3 is 1. The number of amides is 1. The van der Waals surface area contributed by atoms with Crippen molar-refractivity contribution in [2.24, 2.45) is 0 Å². The molecule has 1 heterocycles. The molecule has 1 atom stereocenters. The van der Waals surface area contributed by atoms with Crippen LogP contribution in [0.5, 0.6) is 5.75 Å². The SMILES string of the molecule is COc1cccc(CCC(=O)NCC2CN(C)CCO2)c1. The van der Waals surface area contributed by atoms with Crippen LogP contribution in [0.1, 0.15) is 12.0 Å². The molecule has 1 aliphatic rings. The highest BCUT2D eigenvalue weighted by atomic mass is 16.5. The van der Waals surface area contributed by atoms with Gasteiger partial charge in [0.25, 0.3) is 0 Å². The van der Waals surface area contributed by atoms with Crippen molar-refractivity contribution in [2.75, 3.05) is 40.4 Å². The van der Waals surface area contributed by atoms with Crippen LogP contribution in [0.25, 0.3) is 0 Å². The molecule has 5 nitrogen and oxygen atoms in total. The molecule has 0 radical (unpaired) electrons. The molecule has 0 saturated carbocycles. The number of likely N-dealkylation sites (N-methyl/N-ethyl adjacent to an activating group) is 1. The Morgan fingerprint density at radius 1 is 1.52 bits per heavy atom. The average molecular weight is 292 g/mol. The number of hydrogen-bond acceptors (Lipinski definition) is 4. The van der Waals surface area contributed by atoms with Gasteiger partial charge >= 0.3 is 0 Å². The Hall–Kier alpha value is -1.59. The minimum absolute atomic E-state index is 0.0645.